The fourth-order valence-corrected chi connectivity index (χ4v) is 1.64. The normalized spacial score (nSPS) is 11.1. The summed E-state index contributed by atoms with van der Waals surface area (Å²) in [5.74, 6) is 0. The standard InChI is InChI=1S/C12H17N/c1-9-7-10(2)12(5-4-6-13)11(3)8-9/h4-5,7-8H,6,13H2,1-3H3. The predicted octanol–water partition coefficient (Wildman–Crippen LogP) is 2.58. The van der Waals surface area contributed by atoms with Gasteiger partial charge in [0, 0.05) is 6.54 Å². The van der Waals surface area contributed by atoms with Gasteiger partial charge in [0.25, 0.3) is 0 Å². The van der Waals surface area contributed by atoms with E-state index >= 15 is 0 Å². The van der Waals surface area contributed by atoms with E-state index in [0.29, 0.717) is 6.54 Å². The van der Waals surface area contributed by atoms with Crippen LogP contribution in [0.25, 0.3) is 6.08 Å². The zero-order valence-corrected chi connectivity index (χ0v) is 8.59. The summed E-state index contributed by atoms with van der Waals surface area (Å²) in [5, 5.41) is 0. The van der Waals surface area contributed by atoms with Crippen LogP contribution in [0.4, 0.5) is 0 Å². The van der Waals surface area contributed by atoms with Gasteiger partial charge in [-0.15, -0.1) is 0 Å². The topological polar surface area (TPSA) is 26.0 Å². The molecule has 0 atom stereocenters. The largest absolute Gasteiger partial charge is 0.327 e. The molecule has 1 nitrogen and oxygen atoms in total. The predicted molar refractivity (Wildman–Crippen MR) is 58.7 cm³/mol. The maximum Gasteiger partial charge on any atom is 0.0110 e. The molecule has 0 bridgehead atoms. The maximum atomic E-state index is 5.42. The van der Waals surface area contributed by atoms with E-state index in [1.165, 1.54) is 22.3 Å². The zero-order chi connectivity index (χ0) is 9.84. The van der Waals surface area contributed by atoms with E-state index in [4.69, 9.17) is 5.73 Å². The first-order valence-electron chi connectivity index (χ1n) is 4.59. The van der Waals surface area contributed by atoms with Crippen LogP contribution in [-0.4, -0.2) is 6.54 Å². The molecule has 0 aliphatic heterocycles. The van der Waals surface area contributed by atoms with Crippen molar-refractivity contribution in [2.24, 2.45) is 5.73 Å². The molecule has 2 N–H and O–H groups in total. The van der Waals surface area contributed by atoms with Gasteiger partial charge in [-0.1, -0.05) is 29.8 Å². The van der Waals surface area contributed by atoms with Crippen molar-refractivity contribution in [3.63, 3.8) is 0 Å². The molecule has 0 aliphatic rings. The summed E-state index contributed by atoms with van der Waals surface area (Å²) in [4.78, 5) is 0. The molecule has 13 heavy (non-hydrogen) atoms. The van der Waals surface area contributed by atoms with Crippen molar-refractivity contribution >= 4 is 6.08 Å². The van der Waals surface area contributed by atoms with Crippen LogP contribution in [0.5, 0.6) is 0 Å². The zero-order valence-electron chi connectivity index (χ0n) is 8.59. The van der Waals surface area contributed by atoms with Crippen LogP contribution >= 0.6 is 0 Å². The molecule has 0 amide bonds. The highest BCUT2D eigenvalue weighted by Gasteiger charge is 1.98. The van der Waals surface area contributed by atoms with E-state index in [9.17, 15) is 0 Å². The van der Waals surface area contributed by atoms with Crippen molar-refractivity contribution in [1.29, 1.82) is 0 Å². The fraction of sp³-hybridized carbons (Fsp3) is 0.333. The summed E-state index contributed by atoms with van der Waals surface area (Å²) in [6.45, 7) is 7.00. The number of rotatable bonds is 2. The Bertz CT molecular complexity index is 301. The van der Waals surface area contributed by atoms with E-state index in [0.717, 1.165) is 0 Å². The molecule has 0 radical (unpaired) electrons. The summed E-state index contributed by atoms with van der Waals surface area (Å²) in [7, 11) is 0. The van der Waals surface area contributed by atoms with Crippen molar-refractivity contribution in [2.75, 3.05) is 6.54 Å². The Labute approximate surface area is 80.3 Å². The summed E-state index contributed by atoms with van der Waals surface area (Å²) in [6.07, 6.45) is 4.09. The molecule has 0 aliphatic carbocycles. The quantitative estimate of drug-likeness (QED) is 0.734. The SMILES string of the molecule is Cc1cc(C)c(C=CCN)c(C)c1. The van der Waals surface area contributed by atoms with Gasteiger partial charge in [-0.05, 0) is 37.5 Å². The Morgan fingerprint density at radius 1 is 1.15 bits per heavy atom. The Kier molecular flexibility index (Phi) is 3.26. The molecule has 0 heterocycles. The smallest absolute Gasteiger partial charge is 0.0110 e. The Balaban J connectivity index is 3.13. The van der Waals surface area contributed by atoms with E-state index in [1.54, 1.807) is 0 Å². The van der Waals surface area contributed by atoms with Crippen LogP contribution in [0.3, 0.4) is 0 Å². The highest BCUT2D eigenvalue weighted by atomic mass is 14.5. The van der Waals surface area contributed by atoms with E-state index in [2.05, 4.69) is 39.0 Å². The first kappa shape index (κ1) is 10.0. The average Bonchev–Trinajstić information content (AvgIpc) is 2.02. The number of hydrogen-bond donors (Lipinski definition) is 1. The third-order valence-electron chi connectivity index (χ3n) is 2.16. The van der Waals surface area contributed by atoms with Gasteiger partial charge in [-0.2, -0.15) is 0 Å². The molecule has 1 aromatic rings. The van der Waals surface area contributed by atoms with Crippen LogP contribution in [0.15, 0.2) is 18.2 Å². The number of benzene rings is 1. The van der Waals surface area contributed by atoms with Crippen molar-refractivity contribution in [3.05, 3.63) is 40.5 Å². The minimum absolute atomic E-state index is 0.604. The molecule has 0 saturated carbocycles. The lowest BCUT2D eigenvalue weighted by molar-refractivity contribution is 1.25. The van der Waals surface area contributed by atoms with Gasteiger partial charge in [-0.25, -0.2) is 0 Å². The molecule has 70 valence electrons. The van der Waals surface area contributed by atoms with Gasteiger partial charge in [-0.3, -0.25) is 0 Å². The lowest BCUT2D eigenvalue weighted by Crippen LogP contribution is -1.93. The lowest BCUT2D eigenvalue weighted by atomic mass is 9.99. The Morgan fingerprint density at radius 3 is 2.15 bits per heavy atom. The molecule has 1 heteroatoms. The number of aryl methyl sites for hydroxylation is 3. The van der Waals surface area contributed by atoms with Gasteiger partial charge in [0.05, 0.1) is 0 Å². The summed E-state index contributed by atoms with van der Waals surface area (Å²) in [5.41, 5.74) is 10.7. The highest BCUT2D eigenvalue weighted by Crippen LogP contribution is 2.17. The van der Waals surface area contributed by atoms with Crippen molar-refractivity contribution < 1.29 is 0 Å². The van der Waals surface area contributed by atoms with E-state index in [-0.39, 0.29) is 0 Å². The number of nitrogens with two attached hydrogens (primary N) is 1. The van der Waals surface area contributed by atoms with Crippen LogP contribution < -0.4 is 5.73 Å². The van der Waals surface area contributed by atoms with E-state index in [1.807, 2.05) is 6.08 Å². The van der Waals surface area contributed by atoms with Gasteiger partial charge >= 0.3 is 0 Å². The Morgan fingerprint density at radius 2 is 1.69 bits per heavy atom. The monoisotopic (exact) mass is 175 g/mol. The first-order valence-corrected chi connectivity index (χ1v) is 4.59. The van der Waals surface area contributed by atoms with E-state index < -0.39 is 0 Å². The van der Waals surface area contributed by atoms with Gasteiger partial charge in [0.15, 0.2) is 0 Å². The Hall–Kier alpha value is -1.08. The second-order valence-corrected chi connectivity index (χ2v) is 3.45. The third-order valence-corrected chi connectivity index (χ3v) is 2.16. The van der Waals surface area contributed by atoms with Crippen molar-refractivity contribution in [1.82, 2.24) is 0 Å². The molecular formula is C12H17N. The van der Waals surface area contributed by atoms with Crippen LogP contribution in [0.2, 0.25) is 0 Å². The van der Waals surface area contributed by atoms with Gasteiger partial charge in [0.2, 0.25) is 0 Å². The minimum Gasteiger partial charge on any atom is -0.327 e. The summed E-state index contributed by atoms with van der Waals surface area (Å²) < 4.78 is 0. The summed E-state index contributed by atoms with van der Waals surface area (Å²) in [6, 6.07) is 4.40. The van der Waals surface area contributed by atoms with Gasteiger partial charge in [0.1, 0.15) is 0 Å². The third kappa shape index (κ3) is 2.43. The second kappa shape index (κ2) is 4.24. The lowest BCUT2D eigenvalue weighted by Gasteiger charge is -2.06. The van der Waals surface area contributed by atoms with Crippen LogP contribution in [0, 0.1) is 20.8 Å². The van der Waals surface area contributed by atoms with Crippen molar-refractivity contribution in [3.8, 4) is 0 Å². The molecule has 0 unspecified atom stereocenters. The minimum atomic E-state index is 0.604. The second-order valence-electron chi connectivity index (χ2n) is 3.45. The summed E-state index contributed by atoms with van der Waals surface area (Å²) >= 11 is 0. The molecule has 1 rings (SSSR count). The van der Waals surface area contributed by atoms with Crippen LogP contribution in [0.1, 0.15) is 22.3 Å². The molecular weight excluding hydrogens is 158 g/mol. The number of hydrogen-bond acceptors (Lipinski definition) is 1. The molecule has 0 fully saturated rings. The fourth-order valence-electron chi connectivity index (χ4n) is 1.64. The average molecular weight is 175 g/mol. The van der Waals surface area contributed by atoms with Crippen molar-refractivity contribution in [2.45, 2.75) is 20.8 Å². The molecule has 1 aromatic carbocycles. The van der Waals surface area contributed by atoms with Gasteiger partial charge < -0.3 is 5.73 Å². The first-order chi connectivity index (χ1) is 6.15. The van der Waals surface area contributed by atoms with Crippen LogP contribution in [-0.2, 0) is 0 Å². The highest BCUT2D eigenvalue weighted by molar-refractivity contribution is 5.58. The molecule has 0 saturated heterocycles. The molecule has 0 spiro atoms. The molecule has 0 aromatic heterocycles. The maximum absolute atomic E-state index is 5.42.